The molecule has 0 bridgehead atoms. The molecule has 2 N–H and O–H groups in total. The van der Waals surface area contributed by atoms with Crippen molar-refractivity contribution >= 4 is 53.0 Å². The van der Waals surface area contributed by atoms with E-state index in [-0.39, 0.29) is 24.0 Å². The zero-order chi connectivity index (χ0) is 16.7. The van der Waals surface area contributed by atoms with Gasteiger partial charge in [0.2, 0.25) is 0 Å². The third-order valence-electron chi connectivity index (χ3n) is 3.40. The van der Waals surface area contributed by atoms with Gasteiger partial charge in [-0.05, 0) is 44.7 Å². The molecular formula is C17H25IN4S2. The summed E-state index contributed by atoms with van der Waals surface area (Å²) in [6, 6.07) is 8.53. The lowest BCUT2D eigenvalue weighted by atomic mass is 10.2. The Bertz CT molecular complexity index is 634. The quantitative estimate of drug-likeness (QED) is 0.282. The normalized spacial score (nSPS) is 11.1. The Morgan fingerprint density at radius 3 is 2.46 bits per heavy atom. The zero-order valence-electron chi connectivity index (χ0n) is 14.5. The number of halogens is 1. The van der Waals surface area contributed by atoms with E-state index in [9.17, 15) is 0 Å². The van der Waals surface area contributed by atoms with E-state index < -0.39 is 0 Å². The Hall–Kier alpha value is -0.800. The number of rotatable bonds is 6. The molecular weight excluding hydrogens is 451 g/mol. The second kappa shape index (κ2) is 10.9. The highest BCUT2D eigenvalue weighted by Gasteiger charge is 2.04. The van der Waals surface area contributed by atoms with Gasteiger partial charge in [0.15, 0.2) is 5.96 Å². The first-order valence-electron chi connectivity index (χ1n) is 7.70. The fraction of sp³-hybridized carbons (Fsp3) is 0.412. The van der Waals surface area contributed by atoms with E-state index >= 15 is 0 Å². The molecule has 0 saturated carbocycles. The molecule has 132 valence electrons. The topological polar surface area (TPSA) is 49.3 Å². The molecule has 0 aliphatic rings. The number of hydrogen-bond donors (Lipinski definition) is 2. The van der Waals surface area contributed by atoms with Gasteiger partial charge in [0.1, 0.15) is 5.01 Å². The molecule has 0 unspecified atom stereocenters. The van der Waals surface area contributed by atoms with E-state index in [2.05, 4.69) is 65.0 Å². The van der Waals surface area contributed by atoms with Crippen LogP contribution in [0.1, 0.15) is 28.1 Å². The monoisotopic (exact) mass is 476 g/mol. The van der Waals surface area contributed by atoms with Crippen molar-refractivity contribution in [1.82, 2.24) is 15.6 Å². The Morgan fingerprint density at radius 1 is 1.21 bits per heavy atom. The van der Waals surface area contributed by atoms with E-state index in [4.69, 9.17) is 0 Å². The van der Waals surface area contributed by atoms with Crippen LogP contribution in [-0.4, -0.2) is 23.7 Å². The summed E-state index contributed by atoms with van der Waals surface area (Å²) >= 11 is 3.49. The predicted octanol–water partition coefficient (Wildman–Crippen LogP) is 4.36. The lowest BCUT2D eigenvalue weighted by molar-refractivity contribution is 0.809. The van der Waals surface area contributed by atoms with Gasteiger partial charge in [0.05, 0.1) is 18.8 Å². The van der Waals surface area contributed by atoms with Crippen molar-refractivity contribution in [2.24, 2.45) is 4.99 Å². The number of thiazole rings is 1. The second-order valence-electron chi connectivity index (χ2n) is 5.15. The van der Waals surface area contributed by atoms with Crippen molar-refractivity contribution in [3.05, 3.63) is 45.4 Å². The summed E-state index contributed by atoms with van der Waals surface area (Å²) < 4.78 is 0. The molecule has 0 aliphatic heterocycles. The van der Waals surface area contributed by atoms with Crippen molar-refractivity contribution < 1.29 is 0 Å². The number of aryl methyl sites for hydroxylation is 2. The molecule has 0 aliphatic carbocycles. The third-order valence-corrected chi connectivity index (χ3v) is 5.22. The van der Waals surface area contributed by atoms with Crippen LogP contribution in [-0.2, 0) is 13.1 Å². The Kier molecular flexibility index (Phi) is 9.68. The predicted molar refractivity (Wildman–Crippen MR) is 117 cm³/mol. The summed E-state index contributed by atoms with van der Waals surface area (Å²) in [7, 11) is 0. The van der Waals surface area contributed by atoms with Gasteiger partial charge in [-0.1, -0.05) is 12.1 Å². The number of aromatic nitrogens is 1. The van der Waals surface area contributed by atoms with Gasteiger partial charge in [-0.15, -0.1) is 47.1 Å². The van der Waals surface area contributed by atoms with Crippen molar-refractivity contribution in [3.8, 4) is 0 Å². The van der Waals surface area contributed by atoms with Crippen LogP contribution < -0.4 is 10.6 Å². The summed E-state index contributed by atoms with van der Waals surface area (Å²) in [5.74, 6) is 0.826. The Balaban J connectivity index is 0.00000288. The maximum Gasteiger partial charge on any atom is 0.191 e. The third kappa shape index (κ3) is 6.60. The molecule has 0 fully saturated rings. The summed E-state index contributed by atoms with van der Waals surface area (Å²) in [6.07, 6.45) is 2.09. The Morgan fingerprint density at radius 2 is 1.92 bits per heavy atom. The highest BCUT2D eigenvalue weighted by Crippen LogP contribution is 2.16. The number of guanidine groups is 1. The Labute approximate surface area is 170 Å². The van der Waals surface area contributed by atoms with E-state index in [1.165, 1.54) is 15.3 Å². The first kappa shape index (κ1) is 21.2. The smallest absolute Gasteiger partial charge is 0.191 e. The molecule has 1 aromatic carbocycles. The maximum absolute atomic E-state index is 4.65. The number of aliphatic imine (C=N–C) groups is 1. The van der Waals surface area contributed by atoms with Gasteiger partial charge in [-0.2, -0.15) is 0 Å². The first-order valence-corrected chi connectivity index (χ1v) is 9.74. The zero-order valence-corrected chi connectivity index (χ0v) is 18.5. The van der Waals surface area contributed by atoms with Crippen LogP contribution in [0, 0.1) is 13.8 Å². The van der Waals surface area contributed by atoms with Gasteiger partial charge >= 0.3 is 0 Å². The molecule has 4 nitrogen and oxygen atoms in total. The number of benzene rings is 1. The maximum atomic E-state index is 4.65. The molecule has 2 rings (SSSR count). The van der Waals surface area contributed by atoms with E-state index in [1.807, 2.05) is 6.92 Å². The number of nitrogens with zero attached hydrogens (tertiary/aromatic N) is 2. The minimum atomic E-state index is 0. The van der Waals surface area contributed by atoms with Gasteiger partial charge in [-0.3, -0.25) is 0 Å². The number of thioether (sulfide) groups is 1. The minimum absolute atomic E-state index is 0. The minimum Gasteiger partial charge on any atom is -0.357 e. The van der Waals surface area contributed by atoms with Crippen molar-refractivity contribution in [2.45, 2.75) is 38.8 Å². The molecule has 2 aromatic rings. The SMILES string of the molecule is CCNC(=NCc1ccc(SC)cc1)NCc1nc(C)c(C)s1.I. The lowest BCUT2D eigenvalue weighted by Crippen LogP contribution is -2.36. The van der Waals surface area contributed by atoms with E-state index in [0.717, 1.165) is 23.2 Å². The molecule has 7 heteroatoms. The summed E-state index contributed by atoms with van der Waals surface area (Å²) in [6.45, 7) is 8.44. The number of hydrogen-bond acceptors (Lipinski definition) is 4. The molecule has 1 heterocycles. The first-order chi connectivity index (χ1) is 11.1. The lowest BCUT2D eigenvalue weighted by Gasteiger charge is -2.10. The standard InChI is InChI=1S/C17H24N4S2.HI/c1-5-18-17(20-11-16-21-12(2)13(3)23-16)19-10-14-6-8-15(22-4)9-7-14;/h6-9H,5,10-11H2,1-4H3,(H2,18,19,20);1H. The molecule has 0 spiro atoms. The fourth-order valence-corrected chi connectivity index (χ4v) is 3.30. The van der Waals surface area contributed by atoms with Gasteiger partial charge in [0, 0.05) is 16.3 Å². The molecule has 0 atom stereocenters. The highest BCUT2D eigenvalue weighted by atomic mass is 127. The van der Waals surface area contributed by atoms with Crippen LogP contribution in [0.5, 0.6) is 0 Å². The van der Waals surface area contributed by atoms with Crippen LogP contribution in [0.25, 0.3) is 0 Å². The van der Waals surface area contributed by atoms with Gasteiger partial charge < -0.3 is 10.6 Å². The van der Waals surface area contributed by atoms with Crippen LogP contribution in [0.3, 0.4) is 0 Å². The van der Waals surface area contributed by atoms with Crippen molar-refractivity contribution in [3.63, 3.8) is 0 Å². The summed E-state index contributed by atoms with van der Waals surface area (Å²) in [5, 5.41) is 7.72. The second-order valence-corrected chi connectivity index (χ2v) is 7.31. The fourth-order valence-electron chi connectivity index (χ4n) is 2.02. The molecule has 1 aromatic heterocycles. The van der Waals surface area contributed by atoms with E-state index in [0.29, 0.717) is 13.1 Å². The van der Waals surface area contributed by atoms with Crippen molar-refractivity contribution in [2.75, 3.05) is 12.8 Å². The average Bonchev–Trinajstić information content (AvgIpc) is 2.89. The molecule has 0 radical (unpaired) electrons. The van der Waals surface area contributed by atoms with Gasteiger partial charge in [0.25, 0.3) is 0 Å². The van der Waals surface area contributed by atoms with Gasteiger partial charge in [-0.25, -0.2) is 9.98 Å². The molecule has 0 saturated heterocycles. The highest BCUT2D eigenvalue weighted by molar-refractivity contribution is 14.0. The van der Waals surface area contributed by atoms with E-state index in [1.54, 1.807) is 23.1 Å². The van der Waals surface area contributed by atoms with Crippen molar-refractivity contribution in [1.29, 1.82) is 0 Å². The summed E-state index contributed by atoms with van der Waals surface area (Å²) in [5.41, 5.74) is 2.32. The largest absolute Gasteiger partial charge is 0.357 e. The van der Waals surface area contributed by atoms with Crippen LogP contribution in [0.2, 0.25) is 0 Å². The van der Waals surface area contributed by atoms with Crippen LogP contribution >= 0.6 is 47.1 Å². The average molecular weight is 476 g/mol. The van der Waals surface area contributed by atoms with Crippen LogP contribution in [0.15, 0.2) is 34.2 Å². The molecule has 24 heavy (non-hydrogen) atoms. The number of nitrogens with one attached hydrogen (secondary N) is 2. The van der Waals surface area contributed by atoms with Crippen LogP contribution in [0.4, 0.5) is 0 Å². The molecule has 0 amide bonds. The summed E-state index contributed by atoms with van der Waals surface area (Å²) in [4.78, 5) is 11.7.